The Morgan fingerprint density at radius 3 is 2.58 bits per heavy atom. The van der Waals surface area contributed by atoms with Crippen LogP contribution in [-0.2, 0) is 0 Å². The Labute approximate surface area is 163 Å². The van der Waals surface area contributed by atoms with Gasteiger partial charge < -0.3 is 15.5 Å². The second kappa shape index (κ2) is 9.65. The first-order valence-corrected chi connectivity index (χ1v) is 11.0. The van der Waals surface area contributed by atoms with Crippen LogP contribution in [0.1, 0.15) is 39.0 Å². The number of guanidine groups is 1. The Kier molecular flexibility index (Phi) is 7.26. The molecule has 0 aromatic heterocycles. The quantitative estimate of drug-likeness (QED) is 0.539. The Hall–Kier alpha value is -1.20. The van der Waals surface area contributed by atoms with E-state index in [1.54, 1.807) is 0 Å². The van der Waals surface area contributed by atoms with E-state index in [4.69, 9.17) is 4.99 Å². The number of nitrogens with one attached hydrogen (secondary N) is 2. The fourth-order valence-corrected chi connectivity index (χ4v) is 4.71. The number of aliphatic imine (C=N–C) groups is 1. The molecule has 1 saturated carbocycles. The zero-order valence-corrected chi connectivity index (χ0v) is 17.2. The molecule has 0 amide bonds. The van der Waals surface area contributed by atoms with Gasteiger partial charge in [0.2, 0.25) is 0 Å². The summed E-state index contributed by atoms with van der Waals surface area (Å²) in [5, 5.41) is 6.97. The first-order chi connectivity index (χ1) is 12.7. The Morgan fingerprint density at radius 2 is 1.92 bits per heavy atom. The number of piperidine rings is 1. The molecule has 2 N–H and O–H groups in total. The van der Waals surface area contributed by atoms with Crippen molar-refractivity contribution >= 4 is 17.7 Å². The van der Waals surface area contributed by atoms with Crippen LogP contribution in [0.4, 0.5) is 0 Å². The topological polar surface area (TPSA) is 39.7 Å². The minimum atomic E-state index is 0.317. The third-order valence-corrected chi connectivity index (χ3v) is 6.92. The summed E-state index contributed by atoms with van der Waals surface area (Å²) in [6, 6.07) is 10.7. The molecule has 0 radical (unpaired) electrons. The maximum Gasteiger partial charge on any atom is 0.191 e. The fourth-order valence-electron chi connectivity index (χ4n) is 3.48. The molecule has 5 heteroatoms. The minimum absolute atomic E-state index is 0.317. The number of hydrogen-bond donors (Lipinski definition) is 2. The van der Waals surface area contributed by atoms with Crippen LogP contribution in [0, 0.1) is 5.92 Å². The monoisotopic (exact) mass is 374 g/mol. The SMILES string of the molecule is CCNC(=NCC1(Sc2ccccc2)CC1)NCCC1CCN(C)CC1. The molecule has 0 spiro atoms. The first-order valence-electron chi connectivity index (χ1n) is 10.1. The van der Waals surface area contributed by atoms with E-state index in [9.17, 15) is 0 Å². The number of thioether (sulfide) groups is 1. The van der Waals surface area contributed by atoms with Crippen molar-refractivity contribution in [2.75, 3.05) is 39.8 Å². The van der Waals surface area contributed by atoms with Crippen LogP contribution in [-0.4, -0.2) is 55.4 Å². The normalized spacial score (nSPS) is 20.8. The van der Waals surface area contributed by atoms with Crippen LogP contribution < -0.4 is 10.6 Å². The van der Waals surface area contributed by atoms with E-state index in [1.807, 2.05) is 11.8 Å². The van der Waals surface area contributed by atoms with Gasteiger partial charge >= 0.3 is 0 Å². The molecule has 2 fully saturated rings. The molecule has 26 heavy (non-hydrogen) atoms. The molecule has 1 saturated heterocycles. The lowest BCUT2D eigenvalue weighted by molar-refractivity contribution is 0.213. The first kappa shape index (κ1) is 19.6. The van der Waals surface area contributed by atoms with Gasteiger partial charge in [-0.15, -0.1) is 11.8 Å². The molecule has 0 atom stereocenters. The lowest BCUT2D eigenvalue weighted by Gasteiger charge is -2.29. The minimum Gasteiger partial charge on any atom is -0.357 e. The Balaban J connectivity index is 1.44. The number of rotatable bonds is 8. The van der Waals surface area contributed by atoms with Gasteiger partial charge in [-0.1, -0.05) is 18.2 Å². The van der Waals surface area contributed by atoms with E-state index in [-0.39, 0.29) is 0 Å². The van der Waals surface area contributed by atoms with Gasteiger partial charge in [0.15, 0.2) is 5.96 Å². The average molecular weight is 375 g/mol. The summed E-state index contributed by atoms with van der Waals surface area (Å²) >= 11 is 2.00. The van der Waals surface area contributed by atoms with Gasteiger partial charge in [-0.25, -0.2) is 0 Å². The van der Waals surface area contributed by atoms with E-state index < -0.39 is 0 Å². The Bertz CT molecular complexity index is 563. The van der Waals surface area contributed by atoms with E-state index in [0.717, 1.165) is 31.5 Å². The standard InChI is InChI=1S/C21H34N4S/c1-3-22-20(23-14-9-18-10-15-25(2)16-11-18)24-17-21(12-13-21)26-19-7-5-4-6-8-19/h4-8,18H,3,9-17H2,1-2H3,(H2,22,23,24). The summed E-state index contributed by atoms with van der Waals surface area (Å²) in [7, 11) is 2.23. The third-order valence-electron chi connectivity index (χ3n) is 5.44. The molecule has 1 aromatic rings. The highest BCUT2D eigenvalue weighted by atomic mass is 32.2. The van der Waals surface area contributed by atoms with E-state index in [0.29, 0.717) is 4.75 Å². The summed E-state index contributed by atoms with van der Waals surface area (Å²) in [5.74, 6) is 1.85. The van der Waals surface area contributed by atoms with E-state index in [2.05, 4.69) is 59.8 Å². The Morgan fingerprint density at radius 1 is 1.19 bits per heavy atom. The maximum absolute atomic E-state index is 4.90. The molecule has 0 bridgehead atoms. The van der Waals surface area contributed by atoms with Crippen LogP contribution >= 0.6 is 11.8 Å². The molecule has 1 aliphatic heterocycles. The van der Waals surface area contributed by atoms with Crippen molar-refractivity contribution in [3.05, 3.63) is 30.3 Å². The van der Waals surface area contributed by atoms with Crippen LogP contribution in [0.25, 0.3) is 0 Å². The van der Waals surface area contributed by atoms with E-state index >= 15 is 0 Å². The van der Waals surface area contributed by atoms with Gasteiger partial charge in [0, 0.05) is 22.7 Å². The molecule has 2 aliphatic rings. The van der Waals surface area contributed by atoms with Gasteiger partial charge in [0.05, 0.1) is 6.54 Å². The van der Waals surface area contributed by atoms with Crippen molar-refractivity contribution in [2.45, 2.75) is 48.7 Å². The van der Waals surface area contributed by atoms with Crippen LogP contribution in [0.5, 0.6) is 0 Å². The molecular weight excluding hydrogens is 340 g/mol. The molecule has 0 unspecified atom stereocenters. The predicted octanol–water partition coefficient (Wildman–Crippen LogP) is 3.60. The zero-order chi connectivity index (χ0) is 18.2. The number of hydrogen-bond acceptors (Lipinski definition) is 3. The van der Waals surface area contributed by atoms with Crippen molar-refractivity contribution in [1.29, 1.82) is 0 Å². The van der Waals surface area contributed by atoms with Gasteiger partial charge in [0.25, 0.3) is 0 Å². The van der Waals surface area contributed by atoms with Crippen LogP contribution in [0.3, 0.4) is 0 Å². The fraction of sp³-hybridized carbons (Fsp3) is 0.667. The smallest absolute Gasteiger partial charge is 0.191 e. The van der Waals surface area contributed by atoms with Gasteiger partial charge in [-0.05, 0) is 77.2 Å². The highest BCUT2D eigenvalue weighted by molar-refractivity contribution is 8.01. The third kappa shape index (κ3) is 6.20. The van der Waals surface area contributed by atoms with E-state index in [1.165, 1.54) is 50.1 Å². The number of nitrogens with zero attached hydrogens (tertiary/aromatic N) is 2. The molecular formula is C21H34N4S. The zero-order valence-electron chi connectivity index (χ0n) is 16.3. The van der Waals surface area contributed by atoms with Crippen molar-refractivity contribution in [3.8, 4) is 0 Å². The summed E-state index contributed by atoms with van der Waals surface area (Å²) in [5.41, 5.74) is 0. The van der Waals surface area contributed by atoms with Gasteiger partial charge in [0.1, 0.15) is 0 Å². The molecule has 4 nitrogen and oxygen atoms in total. The number of likely N-dealkylation sites (tertiary alicyclic amines) is 1. The van der Waals surface area contributed by atoms with Gasteiger partial charge in [-0.3, -0.25) is 4.99 Å². The predicted molar refractivity (Wildman–Crippen MR) is 113 cm³/mol. The van der Waals surface area contributed by atoms with Crippen LogP contribution in [0.2, 0.25) is 0 Å². The molecule has 1 aliphatic carbocycles. The van der Waals surface area contributed by atoms with Crippen molar-refractivity contribution in [1.82, 2.24) is 15.5 Å². The van der Waals surface area contributed by atoms with Crippen molar-refractivity contribution in [2.24, 2.45) is 10.9 Å². The molecule has 3 rings (SSSR count). The van der Waals surface area contributed by atoms with Gasteiger partial charge in [-0.2, -0.15) is 0 Å². The summed E-state index contributed by atoms with van der Waals surface area (Å²) in [4.78, 5) is 8.70. The average Bonchev–Trinajstić information content (AvgIpc) is 3.42. The summed E-state index contributed by atoms with van der Waals surface area (Å²) in [6.45, 7) is 7.48. The lowest BCUT2D eigenvalue weighted by Crippen LogP contribution is -2.39. The highest BCUT2D eigenvalue weighted by Crippen LogP contribution is 2.51. The van der Waals surface area contributed by atoms with Crippen molar-refractivity contribution < 1.29 is 0 Å². The van der Waals surface area contributed by atoms with Crippen LogP contribution in [0.15, 0.2) is 40.2 Å². The largest absolute Gasteiger partial charge is 0.357 e. The summed E-state index contributed by atoms with van der Waals surface area (Å²) < 4.78 is 0.317. The highest BCUT2D eigenvalue weighted by Gasteiger charge is 2.43. The maximum atomic E-state index is 4.90. The second-order valence-electron chi connectivity index (χ2n) is 7.76. The van der Waals surface area contributed by atoms with Crippen molar-refractivity contribution in [3.63, 3.8) is 0 Å². The summed E-state index contributed by atoms with van der Waals surface area (Å²) in [6.07, 6.45) is 6.46. The molecule has 144 valence electrons. The lowest BCUT2D eigenvalue weighted by atomic mass is 9.94. The molecule has 1 aromatic carbocycles. The number of benzene rings is 1. The molecule has 1 heterocycles. The second-order valence-corrected chi connectivity index (χ2v) is 9.30.